The van der Waals surface area contributed by atoms with Gasteiger partial charge in [0.15, 0.2) is 0 Å². The van der Waals surface area contributed by atoms with Crippen molar-refractivity contribution in [1.82, 2.24) is 0 Å². The zero-order valence-corrected chi connectivity index (χ0v) is 22.6. The molecule has 5 aromatic carbocycles. The van der Waals surface area contributed by atoms with Crippen LogP contribution in [0.25, 0.3) is 0 Å². The highest BCUT2D eigenvalue weighted by Gasteiger charge is 2.34. The third kappa shape index (κ3) is 5.69. The van der Waals surface area contributed by atoms with Gasteiger partial charge >= 0.3 is 0 Å². The molecule has 0 aliphatic heterocycles. The van der Waals surface area contributed by atoms with E-state index in [0.29, 0.717) is 28.1 Å². The smallest absolute Gasteiger partial charge is 0.294 e. The minimum atomic E-state index is -4.26. The molecular weight excluding hydrogens is 522 g/mol. The summed E-state index contributed by atoms with van der Waals surface area (Å²) in [5.41, 5.74) is 11.4. The van der Waals surface area contributed by atoms with Gasteiger partial charge in [0.05, 0.1) is 4.90 Å². The largest absolute Gasteiger partial charge is 0.399 e. The molecule has 8 heteroatoms. The van der Waals surface area contributed by atoms with Crippen molar-refractivity contribution in [3.8, 4) is 0 Å². The lowest BCUT2D eigenvalue weighted by Gasteiger charge is -2.31. The Hall–Kier alpha value is -4.63. The van der Waals surface area contributed by atoms with Crippen molar-refractivity contribution >= 4 is 38.6 Å². The number of hydrogen-bond donors (Lipinski definition) is 5. The van der Waals surface area contributed by atoms with Crippen LogP contribution < -0.4 is 16.4 Å². The Kier molecular flexibility index (Phi) is 7.32. The van der Waals surface area contributed by atoms with Gasteiger partial charge in [-0.15, -0.1) is 0 Å². The molecule has 0 heterocycles. The van der Waals surface area contributed by atoms with E-state index in [1.807, 2.05) is 97.9 Å². The second-order valence-corrected chi connectivity index (χ2v) is 11.0. The lowest BCUT2D eigenvalue weighted by Crippen LogP contribution is -2.29. The van der Waals surface area contributed by atoms with Crippen molar-refractivity contribution in [3.05, 3.63) is 144 Å². The van der Waals surface area contributed by atoms with Crippen LogP contribution in [0.3, 0.4) is 0 Å². The molecule has 5 rings (SSSR count). The first-order valence-electron chi connectivity index (χ1n) is 12.6. The van der Waals surface area contributed by atoms with Crippen LogP contribution >= 0.6 is 0 Å². The van der Waals surface area contributed by atoms with Gasteiger partial charge in [0, 0.05) is 28.4 Å². The highest BCUT2D eigenvalue weighted by molar-refractivity contribution is 7.85. The molecule has 0 saturated heterocycles. The molecule has 7 nitrogen and oxygen atoms in total. The Bertz CT molecular complexity index is 1720. The lowest BCUT2D eigenvalue weighted by atomic mass is 9.79. The van der Waals surface area contributed by atoms with Gasteiger partial charge in [0.25, 0.3) is 10.1 Å². The highest BCUT2D eigenvalue weighted by atomic mass is 32.2. The second-order valence-electron chi connectivity index (χ2n) is 9.55. The summed E-state index contributed by atoms with van der Waals surface area (Å²) in [6, 6.07) is 36.2. The molecule has 0 spiro atoms. The van der Waals surface area contributed by atoms with E-state index >= 15 is 0 Å². The van der Waals surface area contributed by atoms with Crippen molar-refractivity contribution in [1.29, 1.82) is 0 Å². The first kappa shape index (κ1) is 27.0. The maximum Gasteiger partial charge on any atom is 0.294 e. The van der Waals surface area contributed by atoms with Gasteiger partial charge in [-0.3, -0.25) is 4.55 Å². The molecule has 0 aromatic heterocycles. The molecule has 6 N–H and O–H groups in total. The molecule has 0 bridgehead atoms. The van der Waals surface area contributed by atoms with Gasteiger partial charge in [-0.2, -0.15) is 8.42 Å². The number of rotatable bonds is 8. The SMILES string of the molecule is Cc1cc([C@](O)(c2ccc(Nc3ccccc3)cc2)c2ccc(Nc3ccc(S(=O)(=O)O)cc3)cc2)ccc1N. The Balaban J connectivity index is 1.47. The fraction of sp³-hybridized carbons (Fsp3) is 0.0625. The average Bonchev–Trinajstić information content (AvgIpc) is 2.95. The number of aryl methyl sites for hydroxylation is 1. The zero-order chi connectivity index (χ0) is 28.3. The molecule has 0 fully saturated rings. The topological polar surface area (TPSA) is 125 Å². The van der Waals surface area contributed by atoms with Crippen LogP contribution in [0.5, 0.6) is 0 Å². The van der Waals surface area contributed by atoms with E-state index in [4.69, 9.17) is 5.73 Å². The Labute approximate surface area is 233 Å². The zero-order valence-electron chi connectivity index (χ0n) is 21.7. The van der Waals surface area contributed by atoms with Gasteiger partial charge < -0.3 is 21.5 Å². The number of aliphatic hydroxyl groups is 1. The van der Waals surface area contributed by atoms with Crippen molar-refractivity contribution in [2.45, 2.75) is 17.4 Å². The summed E-state index contributed by atoms with van der Waals surface area (Å²) >= 11 is 0. The Morgan fingerprint density at radius 1 is 0.625 bits per heavy atom. The van der Waals surface area contributed by atoms with E-state index < -0.39 is 15.7 Å². The summed E-state index contributed by atoms with van der Waals surface area (Å²) in [4.78, 5) is -0.178. The van der Waals surface area contributed by atoms with Gasteiger partial charge in [0.1, 0.15) is 5.60 Å². The lowest BCUT2D eigenvalue weighted by molar-refractivity contribution is 0.125. The molecule has 0 aliphatic rings. The van der Waals surface area contributed by atoms with Crippen molar-refractivity contribution in [2.75, 3.05) is 16.4 Å². The standard InChI is InChI=1S/C32H29N3O4S/c1-22-21-25(11-20-31(22)33)32(36,23-7-12-27(13-8-23)34-26-5-3-2-4-6-26)24-9-14-28(15-10-24)35-29-16-18-30(19-17-29)40(37,38)39/h2-21,34-36H,33H2,1H3,(H,37,38,39)/t32-/m0/s1. The first-order chi connectivity index (χ1) is 19.1. The monoisotopic (exact) mass is 551 g/mol. The summed E-state index contributed by atoms with van der Waals surface area (Å²) in [6.45, 7) is 1.91. The predicted molar refractivity (Wildman–Crippen MR) is 160 cm³/mol. The van der Waals surface area contributed by atoms with Gasteiger partial charge in [0.2, 0.25) is 0 Å². The normalized spacial score (nSPS) is 12.9. The molecule has 0 aliphatic carbocycles. The quantitative estimate of drug-likeness (QED) is 0.0836. The summed E-state index contributed by atoms with van der Waals surface area (Å²) < 4.78 is 31.8. The number of hydrogen-bond acceptors (Lipinski definition) is 6. The summed E-state index contributed by atoms with van der Waals surface area (Å²) in [5.74, 6) is 0. The van der Waals surface area contributed by atoms with E-state index in [0.717, 1.165) is 22.6 Å². The fourth-order valence-electron chi connectivity index (χ4n) is 4.56. The Morgan fingerprint density at radius 3 is 1.50 bits per heavy atom. The van der Waals surface area contributed by atoms with E-state index in [1.165, 1.54) is 12.1 Å². The third-order valence-electron chi connectivity index (χ3n) is 6.80. The van der Waals surface area contributed by atoms with Crippen LogP contribution in [0.1, 0.15) is 22.3 Å². The van der Waals surface area contributed by atoms with Crippen LogP contribution in [0.15, 0.2) is 126 Å². The van der Waals surface area contributed by atoms with Crippen molar-refractivity contribution in [3.63, 3.8) is 0 Å². The summed E-state index contributed by atoms with van der Waals surface area (Å²) in [5, 5.41) is 18.9. The predicted octanol–water partition coefficient (Wildman–Crippen LogP) is 6.60. The van der Waals surface area contributed by atoms with E-state index in [9.17, 15) is 18.1 Å². The maximum absolute atomic E-state index is 12.3. The van der Waals surface area contributed by atoms with Crippen molar-refractivity contribution in [2.24, 2.45) is 0 Å². The summed E-state index contributed by atoms with van der Waals surface area (Å²) in [7, 11) is -4.26. The van der Waals surface area contributed by atoms with Gasteiger partial charge in [-0.25, -0.2) is 0 Å². The first-order valence-corrected chi connectivity index (χ1v) is 14.0. The van der Waals surface area contributed by atoms with Crippen LogP contribution in [-0.2, 0) is 15.7 Å². The van der Waals surface area contributed by atoms with E-state index in [1.54, 1.807) is 18.2 Å². The number of nitrogens with two attached hydrogens (primary N) is 1. The number of benzene rings is 5. The molecule has 202 valence electrons. The van der Waals surface area contributed by atoms with Crippen LogP contribution in [0.2, 0.25) is 0 Å². The number of anilines is 5. The molecule has 0 amide bonds. The number of nitrogens with one attached hydrogen (secondary N) is 2. The van der Waals surface area contributed by atoms with Crippen molar-refractivity contribution < 1.29 is 18.1 Å². The maximum atomic E-state index is 12.3. The number of nitrogen functional groups attached to an aromatic ring is 1. The molecule has 40 heavy (non-hydrogen) atoms. The Morgan fingerprint density at radius 2 is 1.05 bits per heavy atom. The molecule has 0 saturated carbocycles. The van der Waals surface area contributed by atoms with Gasteiger partial charge in [-0.1, -0.05) is 54.6 Å². The van der Waals surface area contributed by atoms with Gasteiger partial charge in [-0.05, 0) is 95.9 Å². The van der Waals surface area contributed by atoms with E-state index in [-0.39, 0.29) is 4.90 Å². The average molecular weight is 552 g/mol. The molecule has 0 unspecified atom stereocenters. The molecular formula is C32H29N3O4S. The van der Waals surface area contributed by atoms with Crippen LogP contribution in [0, 0.1) is 6.92 Å². The second kappa shape index (κ2) is 10.9. The van der Waals surface area contributed by atoms with Crippen LogP contribution in [-0.4, -0.2) is 18.1 Å². The molecule has 5 aromatic rings. The third-order valence-corrected chi connectivity index (χ3v) is 7.66. The minimum absolute atomic E-state index is 0.178. The number of para-hydroxylation sites is 1. The molecule has 0 radical (unpaired) electrons. The van der Waals surface area contributed by atoms with E-state index in [2.05, 4.69) is 10.6 Å². The molecule has 1 atom stereocenters. The fourth-order valence-corrected chi connectivity index (χ4v) is 5.04. The summed E-state index contributed by atoms with van der Waals surface area (Å²) in [6.07, 6.45) is 0. The highest BCUT2D eigenvalue weighted by Crippen LogP contribution is 2.39. The minimum Gasteiger partial charge on any atom is -0.399 e. The van der Waals surface area contributed by atoms with Crippen LogP contribution in [0.4, 0.5) is 28.4 Å².